The molecule has 2 rings (SSSR count). The van der Waals surface area contributed by atoms with Gasteiger partial charge >= 0.3 is 0 Å². The zero-order valence-corrected chi connectivity index (χ0v) is 11.4. The summed E-state index contributed by atoms with van der Waals surface area (Å²) in [5.41, 5.74) is 7.72. The minimum Gasteiger partial charge on any atom is -0.398 e. The summed E-state index contributed by atoms with van der Waals surface area (Å²) in [7, 11) is 1.73. The Morgan fingerprint density at radius 3 is 2.47 bits per heavy atom. The molecule has 0 saturated carbocycles. The number of anilines is 1. The van der Waals surface area contributed by atoms with E-state index >= 15 is 0 Å². The molecule has 2 aromatic rings. The van der Waals surface area contributed by atoms with Crippen LogP contribution in [0.2, 0.25) is 5.02 Å². The monoisotopic (exact) mass is 274 g/mol. The average Bonchev–Trinajstić information content (AvgIpc) is 2.41. The van der Waals surface area contributed by atoms with E-state index in [9.17, 15) is 4.79 Å². The van der Waals surface area contributed by atoms with Gasteiger partial charge in [-0.1, -0.05) is 41.9 Å². The van der Waals surface area contributed by atoms with Crippen molar-refractivity contribution in [2.75, 3.05) is 12.8 Å². The van der Waals surface area contributed by atoms with Gasteiger partial charge in [0.2, 0.25) is 0 Å². The number of nitrogen functional groups attached to an aromatic ring is 1. The predicted octanol–water partition coefficient (Wildman–Crippen LogP) is 3.19. The van der Waals surface area contributed by atoms with Gasteiger partial charge in [0.05, 0.1) is 5.56 Å². The second-order valence-electron chi connectivity index (χ2n) is 4.34. The van der Waals surface area contributed by atoms with Crippen molar-refractivity contribution in [1.82, 2.24) is 4.90 Å². The van der Waals surface area contributed by atoms with Gasteiger partial charge in [0.25, 0.3) is 5.91 Å². The van der Waals surface area contributed by atoms with Gasteiger partial charge in [0.1, 0.15) is 0 Å². The first-order valence-corrected chi connectivity index (χ1v) is 6.31. The largest absolute Gasteiger partial charge is 0.398 e. The molecule has 0 heterocycles. The van der Waals surface area contributed by atoms with Crippen molar-refractivity contribution in [1.29, 1.82) is 0 Å². The molecule has 0 bridgehead atoms. The van der Waals surface area contributed by atoms with Gasteiger partial charge in [-0.15, -0.1) is 0 Å². The molecule has 0 spiro atoms. The number of para-hydroxylation sites is 1. The molecule has 0 aliphatic carbocycles. The zero-order chi connectivity index (χ0) is 13.8. The third kappa shape index (κ3) is 3.06. The second kappa shape index (κ2) is 5.76. The van der Waals surface area contributed by atoms with Gasteiger partial charge in [-0.25, -0.2) is 0 Å². The minimum atomic E-state index is -0.113. The number of nitrogens with two attached hydrogens (primary N) is 1. The third-order valence-corrected chi connectivity index (χ3v) is 3.27. The lowest BCUT2D eigenvalue weighted by Crippen LogP contribution is -2.27. The topological polar surface area (TPSA) is 46.3 Å². The Labute approximate surface area is 117 Å². The zero-order valence-electron chi connectivity index (χ0n) is 10.6. The fourth-order valence-electron chi connectivity index (χ4n) is 1.85. The van der Waals surface area contributed by atoms with Gasteiger partial charge in [0.15, 0.2) is 0 Å². The highest BCUT2D eigenvalue weighted by Crippen LogP contribution is 2.19. The summed E-state index contributed by atoms with van der Waals surface area (Å²) in [6, 6.07) is 14.5. The number of carbonyl (C=O) groups is 1. The smallest absolute Gasteiger partial charge is 0.255 e. The van der Waals surface area contributed by atoms with Crippen molar-refractivity contribution < 1.29 is 4.79 Å². The van der Waals surface area contributed by atoms with Crippen LogP contribution in [0.25, 0.3) is 0 Å². The lowest BCUT2D eigenvalue weighted by atomic mass is 10.1. The highest BCUT2D eigenvalue weighted by molar-refractivity contribution is 6.31. The van der Waals surface area contributed by atoms with Crippen molar-refractivity contribution >= 4 is 23.2 Å². The first kappa shape index (κ1) is 13.4. The van der Waals surface area contributed by atoms with Crippen molar-refractivity contribution in [2.24, 2.45) is 0 Å². The average molecular weight is 275 g/mol. The van der Waals surface area contributed by atoms with E-state index in [4.69, 9.17) is 17.3 Å². The van der Waals surface area contributed by atoms with Crippen molar-refractivity contribution in [3.8, 4) is 0 Å². The third-order valence-electron chi connectivity index (χ3n) is 2.90. The van der Waals surface area contributed by atoms with Crippen molar-refractivity contribution in [3.63, 3.8) is 0 Å². The fourth-order valence-corrected chi connectivity index (χ4v) is 2.05. The number of halogens is 1. The van der Waals surface area contributed by atoms with Gasteiger partial charge in [-0.05, 0) is 23.8 Å². The Morgan fingerprint density at radius 2 is 1.79 bits per heavy atom. The van der Waals surface area contributed by atoms with Gasteiger partial charge in [0, 0.05) is 24.3 Å². The van der Waals surface area contributed by atoms with Crippen LogP contribution in [0, 0.1) is 0 Å². The highest BCUT2D eigenvalue weighted by atomic mass is 35.5. The molecular weight excluding hydrogens is 260 g/mol. The molecule has 19 heavy (non-hydrogen) atoms. The number of nitrogens with zero attached hydrogens (tertiary/aromatic N) is 1. The molecule has 0 fully saturated rings. The molecule has 0 aliphatic rings. The molecule has 2 aromatic carbocycles. The molecule has 0 saturated heterocycles. The number of hydrogen-bond acceptors (Lipinski definition) is 2. The number of rotatable bonds is 3. The molecule has 0 atom stereocenters. The van der Waals surface area contributed by atoms with E-state index in [1.54, 1.807) is 36.2 Å². The lowest BCUT2D eigenvalue weighted by Gasteiger charge is -2.19. The van der Waals surface area contributed by atoms with Crippen LogP contribution in [0.1, 0.15) is 15.9 Å². The number of benzene rings is 2. The minimum absolute atomic E-state index is 0.113. The Balaban J connectivity index is 2.17. The quantitative estimate of drug-likeness (QED) is 0.874. The maximum Gasteiger partial charge on any atom is 0.255 e. The van der Waals surface area contributed by atoms with E-state index in [1.807, 2.05) is 24.3 Å². The van der Waals surface area contributed by atoms with Crippen LogP contribution in [-0.4, -0.2) is 17.9 Å². The van der Waals surface area contributed by atoms with Crippen molar-refractivity contribution in [2.45, 2.75) is 6.54 Å². The van der Waals surface area contributed by atoms with Gasteiger partial charge < -0.3 is 10.6 Å². The second-order valence-corrected chi connectivity index (χ2v) is 4.75. The summed E-state index contributed by atoms with van der Waals surface area (Å²) in [4.78, 5) is 13.9. The first-order valence-electron chi connectivity index (χ1n) is 5.93. The molecule has 0 aliphatic heterocycles. The van der Waals surface area contributed by atoms with Crippen LogP contribution in [-0.2, 0) is 6.54 Å². The fraction of sp³-hybridized carbons (Fsp3) is 0.133. The number of carbonyl (C=O) groups excluding carboxylic acids is 1. The molecule has 4 heteroatoms. The summed E-state index contributed by atoms with van der Waals surface area (Å²) in [5.74, 6) is -0.113. The van der Waals surface area contributed by atoms with E-state index in [0.717, 1.165) is 5.56 Å². The van der Waals surface area contributed by atoms with Gasteiger partial charge in [-0.2, -0.15) is 0 Å². The predicted molar refractivity (Wildman–Crippen MR) is 78.1 cm³/mol. The summed E-state index contributed by atoms with van der Waals surface area (Å²) in [6.45, 7) is 0.451. The summed E-state index contributed by atoms with van der Waals surface area (Å²) >= 11 is 6.09. The van der Waals surface area contributed by atoms with Crippen LogP contribution < -0.4 is 5.73 Å². The van der Waals surface area contributed by atoms with E-state index in [1.165, 1.54) is 0 Å². The van der Waals surface area contributed by atoms with Crippen molar-refractivity contribution in [3.05, 3.63) is 64.7 Å². The molecule has 0 unspecified atom stereocenters. The standard InChI is InChI=1S/C15H15ClN2O/c1-18(10-11-6-2-4-8-13(11)16)15(19)12-7-3-5-9-14(12)17/h2-9H,10,17H2,1H3. The molecule has 3 nitrogen and oxygen atoms in total. The summed E-state index contributed by atoms with van der Waals surface area (Å²) < 4.78 is 0. The Hall–Kier alpha value is -2.00. The maximum atomic E-state index is 12.3. The number of amides is 1. The lowest BCUT2D eigenvalue weighted by molar-refractivity contribution is 0.0786. The Kier molecular flexibility index (Phi) is 4.07. The van der Waals surface area contributed by atoms with E-state index in [2.05, 4.69) is 0 Å². The molecule has 0 aromatic heterocycles. The van der Waals surface area contributed by atoms with Crippen LogP contribution >= 0.6 is 11.6 Å². The molecule has 98 valence electrons. The van der Waals surface area contributed by atoms with Crippen LogP contribution in [0.4, 0.5) is 5.69 Å². The summed E-state index contributed by atoms with van der Waals surface area (Å²) in [6.07, 6.45) is 0. The SMILES string of the molecule is CN(Cc1ccccc1Cl)C(=O)c1ccccc1N. The van der Waals surface area contributed by atoms with Crippen LogP contribution in [0.15, 0.2) is 48.5 Å². The van der Waals surface area contributed by atoms with Gasteiger partial charge in [-0.3, -0.25) is 4.79 Å². The number of hydrogen-bond donors (Lipinski definition) is 1. The normalized spacial score (nSPS) is 10.2. The molecule has 0 radical (unpaired) electrons. The van der Waals surface area contributed by atoms with E-state index in [-0.39, 0.29) is 5.91 Å². The first-order chi connectivity index (χ1) is 9.09. The van der Waals surface area contributed by atoms with E-state index < -0.39 is 0 Å². The van der Waals surface area contributed by atoms with Crippen LogP contribution in [0.3, 0.4) is 0 Å². The molecule has 1 amide bonds. The molecular formula is C15H15ClN2O. The Bertz CT molecular complexity index is 598. The maximum absolute atomic E-state index is 12.3. The molecule has 2 N–H and O–H groups in total. The summed E-state index contributed by atoms with van der Waals surface area (Å²) in [5, 5.41) is 0.656. The van der Waals surface area contributed by atoms with E-state index in [0.29, 0.717) is 22.8 Å². The Morgan fingerprint density at radius 1 is 1.16 bits per heavy atom. The highest BCUT2D eigenvalue weighted by Gasteiger charge is 2.15. The van der Waals surface area contributed by atoms with Crippen LogP contribution in [0.5, 0.6) is 0 Å².